The maximum atomic E-state index is 13.0. The van der Waals surface area contributed by atoms with Crippen LogP contribution in [0.4, 0.5) is 9.80 Å². The third-order valence-electron chi connectivity index (χ3n) is 5.97. The Bertz CT molecular complexity index is 1390. The zero-order valence-corrected chi connectivity index (χ0v) is 23.5. The van der Waals surface area contributed by atoms with Gasteiger partial charge in [0.1, 0.15) is 15.6 Å². The van der Waals surface area contributed by atoms with Crippen molar-refractivity contribution in [1.82, 2.24) is 9.80 Å². The van der Waals surface area contributed by atoms with E-state index in [-0.39, 0.29) is 32.5 Å². The molecule has 2 heterocycles. The molecule has 202 valence electrons. The second-order valence-electron chi connectivity index (χ2n) is 9.96. The zero-order chi connectivity index (χ0) is 27.8. The number of ether oxygens (including phenoxy) is 1. The molecular formula is C26H28Cl2N4O5S. The van der Waals surface area contributed by atoms with E-state index in [2.05, 4.69) is 10.2 Å². The number of nitrogens with one attached hydrogen (secondary N) is 1. The fraction of sp³-hybridized carbons (Fsp3) is 0.346. The van der Waals surface area contributed by atoms with E-state index < -0.39 is 17.4 Å². The summed E-state index contributed by atoms with van der Waals surface area (Å²) in [5, 5.41) is 13.3. The lowest BCUT2D eigenvalue weighted by molar-refractivity contribution is 0.0139. The monoisotopic (exact) mass is 578 g/mol. The lowest BCUT2D eigenvalue weighted by Gasteiger charge is -2.35. The van der Waals surface area contributed by atoms with E-state index in [0.29, 0.717) is 48.4 Å². The normalized spacial score (nSPS) is 14.5. The minimum atomic E-state index is -0.758. The van der Waals surface area contributed by atoms with Crippen molar-refractivity contribution in [2.75, 3.05) is 31.5 Å². The number of benzene rings is 2. The Kier molecular flexibility index (Phi) is 8.08. The highest BCUT2D eigenvalue weighted by Gasteiger charge is 2.26. The molecule has 1 aromatic heterocycles. The maximum absolute atomic E-state index is 13.0. The third kappa shape index (κ3) is 6.15. The number of nitrogens with two attached hydrogens (primary N) is 1. The number of anilines is 1. The molecule has 0 bridgehead atoms. The zero-order valence-electron chi connectivity index (χ0n) is 21.1. The van der Waals surface area contributed by atoms with E-state index in [1.165, 1.54) is 6.07 Å². The molecule has 1 aliphatic heterocycles. The van der Waals surface area contributed by atoms with Gasteiger partial charge in [-0.1, -0.05) is 35.3 Å². The largest absolute Gasteiger partial charge is 0.505 e. The molecule has 0 aliphatic carbocycles. The van der Waals surface area contributed by atoms with Gasteiger partial charge in [-0.2, -0.15) is 0 Å². The Morgan fingerprint density at radius 3 is 2.32 bits per heavy atom. The molecule has 3 aromatic rings. The Morgan fingerprint density at radius 1 is 1.11 bits per heavy atom. The molecule has 3 amide bonds. The van der Waals surface area contributed by atoms with Crippen LogP contribution < -0.4 is 11.1 Å². The second-order valence-corrected chi connectivity index (χ2v) is 11.8. The van der Waals surface area contributed by atoms with Crippen molar-refractivity contribution >= 4 is 67.5 Å². The van der Waals surface area contributed by atoms with Crippen molar-refractivity contribution in [3.8, 4) is 5.75 Å². The van der Waals surface area contributed by atoms with Crippen molar-refractivity contribution in [2.24, 2.45) is 5.73 Å². The minimum absolute atomic E-state index is 0.0169. The number of aromatic hydroxyl groups is 1. The van der Waals surface area contributed by atoms with E-state index >= 15 is 0 Å². The first-order valence-corrected chi connectivity index (χ1v) is 13.4. The number of fused-ring (bicyclic) bond motifs is 1. The summed E-state index contributed by atoms with van der Waals surface area (Å²) in [6.07, 6.45) is -0.298. The van der Waals surface area contributed by atoms with Crippen LogP contribution in [0.25, 0.3) is 10.1 Å². The summed E-state index contributed by atoms with van der Waals surface area (Å²) < 4.78 is 5.83. The van der Waals surface area contributed by atoms with Gasteiger partial charge in [0.25, 0.3) is 11.8 Å². The van der Waals surface area contributed by atoms with Gasteiger partial charge in [0.05, 0.1) is 15.3 Å². The predicted molar refractivity (Wildman–Crippen MR) is 150 cm³/mol. The van der Waals surface area contributed by atoms with Gasteiger partial charge in [0.2, 0.25) is 0 Å². The standard InChI is InChI=1S/C26H28Cl2N4O5S/c1-26(2,3)37-25(36)32-10-8-31(9-11-32)13-14-4-6-15(7-5-14)23(35)30-24-18(22(29)34)16-12-17(27)20(33)19(28)21(16)38-24/h4-7,12,33H,8-11,13H2,1-3H3,(H2,29,34)(H,30,35). The number of nitrogens with zero attached hydrogens (tertiary/aromatic N) is 2. The first kappa shape index (κ1) is 28.0. The highest BCUT2D eigenvalue weighted by atomic mass is 35.5. The molecule has 2 aromatic carbocycles. The SMILES string of the molecule is CC(C)(C)OC(=O)N1CCN(Cc2ccc(C(=O)Nc3sc4c(Cl)c(O)c(Cl)cc4c3C(N)=O)cc2)CC1. The van der Waals surface area contributed by atoms with Gasteiger partial charge in [-0.15, -0.1) is 11.3 Å². The van der Waals surface area contributed by atoms with Crippen LogP contribution in [-0.4, -0.2) is 64.6 Å². The van der Waals surface area contributed by atoms with Gasteiger partial charge in [-0.25, -0.2) is 4.79 Å². The van der Waals surface area contributed by atoms with Crippen molar-refractivity contribution < 1.29 is 24.2 Å². The summed E-state index contributed by atoms with van der Waals surface area (Å²) in [6, 6.07) is 8.53. The van der Waals surface area contributed by atoms with Crippen LogP contribution >= 0.6 is 34.5 Å². The molecule has 4 N–H and O–H groups in total. The average molecular weight is 580 g/mol. The van der Waals surface area contributed by atoms with Crippen LogP contribution in [0.2, 0.25) is 10.0 Å². The topological polar surface area (TPSA) is 125 Å². The number of rotatable bonds is 5. The first-order chi connectivity index (χ1) is 17.8. The van der Waals surface area contributed by atoms with E-state index in [1.807, 2.05) is 32.9 Å². The molecule has 0 unspecified atom stereocenters. The van der Waals surface area contributed by atoms with Crippen LogP contribution in [0.3, 0.4) is 0 Å². The molecule has 1 saturated heterocycles. The highest BCUT2D eigenvalue weighted by Crippen LogP contribution is 2.46. The van der Waals surface area contributed by atoms with Gasteiger partial charge < -0.3 is 25.8 Å². The van der Waals surface area contributed by atoms with Crippen molar-refractivity contribution in [1.29, 1.82) is 0 Å². The fourth-order valence-electron chi connectivity index (χ4n) is 4.09. The molecule has 4 rings (SSSR count). The first-order valence-electron chi connectivity index (χ1n) is 11.9. The maximum Gasteiger partial charge on any atom is 0.410 e. The van der Waals surface area contributed by atoms with E-state index in [4.69, 9.17) is 33.7 Å². The number of carbonyl (C=O) groups is 3. The quantitative estimate of drug-likeness (QED) is 0.376. The molecule has 9 nitrogen and oxygen atoms in total. The molecule has 1 aliphatic rings. The van der Waals surface area contributed by atoms with Crippen LogP contribution in [0.15, 0.2) is 30.3 Å². The van der Waals surface area contributed by atoms with Crippen LogP contribution in [-0.2, 0) is 11.3 Å². The number of piperazine rings is 1. The summed E-state index contributed by atoms with van der Waals surface area (Å²) in [7, 11) is 0. The van der Waals surface area contributed by atoms with E-state index in [0.717, 1.165) is 16.9 Å². The second kappa shape index (κ2) is 11.0. The molecule has 12 heteroatoms. The predicted octanol–water partition coefficient (Wildman–Crippen LogP) is 5.32. The smallest absolute Gasteiger partial charge is 0.410 e. The summed E-state index contributed by atoms with van der Waals surface area (Å²) in [4.78, 5) is 41.3. The number of hydrogen-bond donors (Lipinski definition) is 3. The fourth-order valence-corrected chi connectivity index (χ4v) is 5.78. The number of halogens is 2. The lowest BCUT2D eigenvalue weighted by Crippen LogP contribution is -2.49. The third-order valence-corrected chi connectivity index (χ3v) is 7.88. The number of thiophene rings is 1. The van der Waals surface area contributed by atoms with E-state index in [9.17, 15) is 19.5 Å². The number of phenols is 1. The van der Waals surface area contributed by atoms with Crippen molar-refractivity contribution in [3.05, 3.63) is 57.1 Å². The number of carbonyl (C=O) groups excluding carboxylic acids is 3. The molecular weight excluding hydrogens is 551 g/mol. The van der Waals surface area contributed by atoms with Crippen LogP contribution in [0.5, 0.6) is 5.75 Å². The van der Waals surface area contributed by atoms with Crippen LogP contribution in [0.1, 0.15) is 47.1 Å². The number of primary amides is 1. The van der Waals surface area contributed by atoms with Gasteiger partial charge in [-0.3, -0.25) is 14.5 Å². The van der Waals surface area contributed by atoms with Gasteiger partial charge in [0, 0.05) is 43.7 Å². The molecule has 0 spiro atoms. The molecule has 38 heavy (non-hydrogen) atoms. The van der Waals surface area contributed by atoms with Gasteiger partial charge >= 0.3 is 6.09 Å². The molecule has 0 saturated carbocycles. The lowest BCUT2D eigenvalue weighted by atomic mass is 10.1. The summed E-state index contributed by atoms with van der Waals surface area (Å²) >= 11 is 13.2. The number of hydrogen-bond acceptors (Lipinski definition) is 7. The molecule has 1 fully saturated rings. The summed E-state index contributed by atoms with van der Waals surface area (Å²) in [5.74, 6) is -1.49. The minimum Gasteiger partial charge on any atom is -0.505 e. The molecule has 0 radical (unpaired) electrons. The molecule has 0 atom stereocenters. The number of phenolic OH excluding ortho intramolecular Hbond substituents is 1. The summed E-state index contributed by atoms with van der Waals surface area (Å²) in [5.41, 5.74) is 6.53. The summed E-state index contributed by atoms with van der Waals surface area (Å²) in [6.45, 7) is 8.82. The van der Waals surface area contributed by atoms with Gasteiger partial charge in [0.15, 0.2) is 5.75 Å². The Labute approximate surface area is 234 Å². The van der Waals surface area contributed by atoms with Crippen LogP contribution in [0, 0.1) is 0 Å². The highest BCUT2D eigenvalue weighted by molar-refractivity contribution is 7.24. The number of amides is 3. The van der Waals surface area contributed by atoms with Gasteiger partial charge in [-0.05, 0) is 44.5 Å². The van der Waals surface area contributed by atoms with Crippen molar-refractivity contribution in [2.45, 2.75) is 32.9 Å². The Hall–Kier alpha value is -3.05. The average Bonchev–Trinajstić information content (AvgIpc) is 3.20. The Balaban J connectivity index is 1.40. The van der Waals surface area contributed by atoms with Crippen molar-refractivity contribution in [3.63, 3.8) is 0 Å². The Morgan fingerprint density at radius 2 is 1.74 bits per heavy atom. The van der Waals surface area contributed by atoms with E-state index in [1.54, 1.807) is 17.0 Å².